The third kappa shape index (κ3) is 4.85. The van der Waals surface area contributed by atoms with Crippen LogP contribution in [-0.4, -0.2) is 45.7 Å². The van der Waals surface area contributed by atoms with Crippen LogP contribution in [0.5, 0.6) is 0 Å². The Morgan fingerprint density at radius 2 is 1.96 bits per heavy atom. The number of aliphatic hydroxyl groups excluding tert-OH is 1. The molecule has 1 N–H and O–H groups in total. The van der Waals surface area contributed by atoms with E-state index in [1.54, 1.807) is 18.6 Å². The Kier molecular flexibility index (Phi) is 5.72. The Bertz CT molecular complexity index is 576. The molecule has 2 aromatic rings. The van der Waals surface area contributed by atoms with Crippen molar-refractivity contribution in [3.8, 4) is 0 Å². The number of rotatable bonds is 7. The third-order valence-electron chi connectivity index (χ3n) is 4.60. The highest BCUT2D eigenvalue weighted by Crippen LogP contribution is 2.21. The monoisotopic (exact) mass is 311 g/mol. The van der Waals surface area contributed by atoms with E-state index in [0.29, 0.717) is 0 Å². The summed E-state index contributed by atoms with van der Waals surface area (Å²) in [5, 5.41) is 10.3. The first kappa shape index (κ1) is 16.1. The van der Waals surface area contributed by atoms with Gasteiger partial charge in [0.15, 0.2) is 0 Å². The molecule has 1 fully saturated rings. The molecule has 0 radical (unpaired) electrons. The topological polar surface area (TPSA) is 49.2 Å². The summed E-state index contributed by atoms with van der Waals surface area (Å²) >= 11 is 0. The molecule has 1 saturated heterocycles. The van der Waals surface area contributed by atoms with Gasteiger partial charge in [0.25, 0.3) is 0 Å². The first-order valence-electron chi connectivity index (χ1n) is 8.50. The number of hydrogen-bond donors (Lipinski definition) is 1. The van der Waals surface area contributed by atoms with Gasteiger partial charge in [-0.05, 0) is 37.8 Å². The fourth-order valence-electron chi connectivity index (χ4n) is 3.34. The minimum atomic E-state index is -0.244. The van der Waals surface area contributed by atoms with E-state index >= 15 is 0 Å². The van der Waals surface area contributed by atoms with E-state index in [2.05, 4.69) is 45.2 Å². The van der Waals surface area contributed by atoms with Crippen LogP contribution in [0.25, 0.3) is 0 Å². The van der Waals surface area contributed by atoms with E-state index in [0.717, 1.165) is 38.2 Å². The molecule has 3 rings (SSSR count). The predicted molar refractivity (Wildman–Crippen MR) is 91.1 cm³/mol. The van der Waals surface area contributed by atoms with Gasteiger partial charge in [-0.3, -0.25) is 9.97 Å². The van der Waals surface area contributed by atoms with Crippen molar-refractivity contribution >= 4 is 0 Å². The summed E-state index contributed by atoms with van der Waals surface area (Å²) < 4.78 is 0. The molecule has 0 spiro atoms. The van der Waals surface area contributed by atoms with Crippen molar-refractivity contribution in [1.82, 2.24) is 14.9 Å². The van der Waals surface area contributed by atoms with Gasteiger partial charge in [-0.25, -0.2) is 0 Å². The molecule has 23 heavy (non-hydrogen) atoms. The lowest BCUT2D eigenvalue weighted by atomic mass is 10.0. The first-order chi connectivity index (χ1) is 11.3. The predicted octanol–water partition coefficient (Wildman–Crippen LogP) is 2.33. The maximum Gasteiger partial charge on any atom is 0.0711 e. The summed E-state index contributed by atoms with van der Waals surface area (Å²) in [5.41, 5.74) is 2.39. The smallest absolute Gasteiger partial charge is 0.0711 e. The standard InChI is InChI=1S/C19H25N3O/c23-19-15-22(11-5-4-8-16-6-2-1-3-7-16)14-17(19)12-18-13-20-9-10-21-18/h1-3,6-7,9-10,13,17,19,23H,4-5,8,11-12,14-15H2/t17-,19-/m1/s1. The zero-order chi connectivity index (χ0) is 15.9. The van der Waals surface area contributed by atoms with Crippen LogP contribution in [0, 0.1) is 5.92 Å². The van der Waals surface area contributed by atoms with Crippen LogP contribution in [-0.2, 0) is 12.8 Å². The van der Waals surface area contributed by atoms with Gasteiger partial charge in [-0.2, -0.15) is 0 Å². The molecule has 1 aliphatic rings. The molecule has 2 heterocycles. The van der Waals surface area contributed by atoms with Crippen molar-refractivity contribution in [2.45, 2.75) is 31.8 Å². The Hall–Kier alpha value is -1.78. The highest BCUT2D eigenvalue weighted by molar-refractivity contribution is 5.14. The van der Waals surface area contributed by atoms with Gasteiger partial charge in [-0.1, -0.05) is 30.3 Å². The van der Waals surface area contributed by atoms with Gasteiger partial charge in [0.2, 0.25) is 0 Å². The number of benzene rings is 1. The Balaban J connectivity index is 1.38. The van der Waals surface area contributed by atoms with Gasteiger partial charge in [0.1, 0.15) is 0 Å². The SMILES string of the molecule is O[C@@H]1CN(CCCCc2ccccc2)C[C@H]1Cc1cnccn1. The molecule has 2 atom stereocenters. The van der Waals surface area contributed by atoms with E-state index in [1.165, 1.54) is 18.4 Å². The molecule has 1 aromatic carbocycles. The molecule has 0 bridgehead atoms. The van der Waals surface area contributed by atoms with Gasteiger partial charge < -0.3 is 10.0 Å². The normalized spacial score (nSPS) is 21.6. The molecule has 122 valence electrons. The molecule has 1 aliphatic heterocycles. The van der Waals surface area contributed by atoms with Crippen molar-refractivity contribution in [3.63, 3.8) is 0 Å². The summed E-state index contributed by atoms with van der Waals surface area (Å²) in [5.74, 6) is 0.279. The largest absolute Gasteiger partial charge is 0.391 e. The van der Waals surface area contributed by atoms with Gasteiger partial charge >= 0.3 is 0 Å². The molecule has 0 unspecified atom stereocenters. The second kappa shape index (κ2) is 8.18. The van der Waals surface area contributed by atoms with Gasteiger partial charge in [0.05, 0.1) is 11.8 Å². The average molecular weight is 311 g/mol. The minimum absolute atomic E-state index is 0.244. The number of aliphatic hydroxyl groups is 1. The summed E-state index contributed by atoms with van der Waals surface area (Å²) in [6, 6.07) is 10.6. The highest BCUT2D eigenvalue weighted by atomic mass is 16.3. The summed E-state index contributed by atoms with van der Waals surface area (Å²) in [6.07, 6.45) is 9.30. The van der Waals surface area contributed by atoms with Crippen molar-refractivity contribution < 1.29 is 5.11 Å². The van der Waals surface area contributed by atoms with E-state index < -0.39 is 0 Å². The zero-order valence-electron chi connectivity index (χ0n) is 13.5. The quantitative estimate of drug-likeness (QED) is 0.797. The highest BCUT2D eigenvalue weighted by Gasteiger charge is 2.31. The molecule has 0 saturated carbocycles. The summed E-state index contributed by atoms with van der Waals surface area (Å²) in [7, 11) is 0. The van der Waals surface area contributed by atoms with Crippen molar-refractivity contribution in [3.05, 3.63) is 60.2 Å². The molecule has 0 aliphatic carbocycles. The molecule has 0 amide bonds. The number of unbranched alkanes of at least 4 members (excludes halogenated alkanes) is 1. The van der Waals surface area contributed by atoms with Crippen LogP contribution in [0.15, 0.2) is 48.9 Å². The van der Waals surface area contributed by atoms with Crippen LogP contribution in [0.2, 0.25) is 0 Å². The first-order valence-corrected chi connectivity index (χ1v) is 8.50. The molecule has 4 nitrogen and oxygen atoms in total. The number of aromatic nitrogens is 2. The lowest BCUT2D eigenvalue weighted by Crippen LogP contribution is -2.23. The fraction of sp³-hybridized carbons (Fsp3) is 0.474. The van der Waals surface area contributed by atoms with Crippen LogP contribution in [0.1, 0.15) is 24.1 Å². The van der Waals surface area contributed by atoms with E-state index in [9.17, 15) is 5.11 Å². The zero-order valence-corrected chi connectivity index (χ0v) is 13.5. The van der Waals surface area contributed by atoms with Gasteiger partial charge in [-0.15, -0.1) is 0 Å². The molecule has 1 aromatic heterocycles. The van der Waals surface area contributed by atoms with E-state index in [4.69, 9.17) is 0 Å². The van der Waals surface area contributed by atoms with Gasteiger partial charge in [0, 0.05) is 37.6 Å². The van der Waals surface area contributed by atoms with Crippen LogP contribution in [0.4, 0.5) is 0 Å². The Labute approximate surface area is 138 Å². The van der Waals surface area contributed by atoms with Crippen molar-refractivity contribution in [2.24, 2.45) is 5.92 Å². The van der Waals surface area contributed by atoms with E-state index in [1.807, 2.05) is 0 Å². The molecular weight excluding hydrogens is 286 g/mol. The number of aryl methyl sites for hydroxylation is 1. The lowest BCUT2D eigenvalue weighted by molar-refractivity contribution is 0.141. The number of likely N-dealkylation sites (tertiary alicyclic amines) is 1. The van der Waals surface area contributed by atoms with Crippen molar-refractivity contribution in [2.75, 3.05) is 19.6 Å². The maximum atomic E-state index is 10.3. The lowest BCUT2D eigenvalue weighted by Gasteiger charge is -2.15. The molecule has 4 heteroatoms. The Morgan fingerprint density at radius 1 is 1.09 bits per heavy atom. The van der Waals surface area contributed by atoms with Crippen molar-refractivity contribution in [1.29, 1.82) is 0 Å². The number of nitrogens with zero attached hydrogens (tertiary/aromatic N) is 3. The fourth-order valence-corrected chi connectivity index (χ4v) is 3.34. The maximum absolute atomic E-state index is 10.3. The summed E-state index contributed by atoms with van der Waals surface area (Å²) in [6.45, 7) is 2.82. The van der Waals surface area contributed by atoms with Crippen LogP contribution in [0.3, 0.4) is 0 Å². The Morgan fingerprint density at radius 3 is 2.74 bits per heavy atom. The number of β-amino-alcohol motifs (C(OH)–C–C–N with tert-alkyl or cyclic N) is 1. The minimum Gasteiger partial charge on any atom is -0.391 e. The van der Waals surface area contributed by atoms with Crippen LogP contribution < -0.4 is 0 Å². The third-order valence-corrected chi connectivity index (χ3v) is 4.60. The van der Waals surface area contributed by atoms with Crippen LogP contribution >= 0.6 is 0 Å². The second-order valence-electron chi connectivity index (χ2n) is 6.43. The average Bonchev–Trinajstić information content (AvgIpc) is 2.93. The second-order valence-corrected chi connectivity index (χ2v) is 6.43. The summed E-state index contributed by atoms with van der Waals surface area (Å²) in [4.78, 5) is 10.8. The number of hydrogen-bond acceptors (Lipinski definition) is 4. The van der Waals surface area contributed by atoms with E-state index in [-0.39, 0.29) is 12.0 Å². The molecular formula is C19H25N3O.